The van der Waals surface area contributed by atoms with E-state index in [9.17, 15) is 25.9 Å². The van der Waals surface area contributed by atoms with Gasteiger partial charge in [-0.15, -0.1) is 0 Å². The molecule has 0 aliphatic rings. The van der Waals surface area contributed by atoms with Crippen molar-refractivity contribution in [1.82, 2.24) is 0 Å². The average Bonchev–Trinajstić information content (AvgIpc) is 2.52. The van der Waals surface area contributed by atoms with Crippen molar-refractivity contribution >= 4 is 55.5 Å². The Kier molecular flexibility index (Phi) is 5.63. The molecule has 2 aromatic carbocycles. The van der Waals surface area contributed by atoms with Crippen molar-refractivity contribution in [3.05, 3.63) is 53.6 Å². The minimum absolute atomic E-state index is 0.151. The summed E-state index contributed by atoms with van der Waals surface area (Å²) >= 11 is 4.38. The van der Waals surface area contributed by atoms with Gasteiger partial charge in [-0.05, 0) is 29.4 Å². The molecule has 0 amide bonds. The lowest BCUT2D eigenvalue weighted by Gasteiger charge is -2.10. The highest BCUT2D eigenvalue weighted by Crippen LogP contribution is 2.34. The Labute approximate surface area is 149 Å². The van der Waals surface area contributed by atoms with Crippen LogP contribution in [0.1, 0.15) is 11.1 Å². The zero-order valence-corrected chi connectivity index (χ0v) is 14.8. The van der Waals surface area contributed by atoms with Gasteiger partial charge in [0.15, 0.2) is 0 Å². The van der Waals surface area contributed by atoms with Crippen LogP contribution in [0.5, 0.6) is 0 Å². The summed E-state index contributed by atoms with van der Waals surface area (Å²) in [5.41, 5.74) is 0.0995. The normalized spacial score (nSPS) is 12.1. The molecule has 25 heavy (non-hydrogen) atoms. The van der Waals surface area contributed by atoms with Gasteiger partial charge in [-0.2, -0.15) is 21.8 Å². The van der Waals surface area contributed by atoms with E-state index in [1.807, 2.05) is 5.16 Å². The van der Waals surface area contributed by atoms with Crippen LogP contribution in [-0.4, -0.2) is 31.1 Å². The molecule has 2 aromatic rings. The Balaban J connectivity index is 2.82. The van der Waals surface area contributed by atoms with Crippen LogP contribution in [0, 0.1) is 0 Å². The summed E-state index contributed by atoms with van der Waals surface area (Å²) in [6, 6.07) is 11.1. The maximum atomic E-state index is 11.7. The smallest absolute Gasteiger partial charge is 0.282 e. The average molecular weight is 397 g/mol. The molecule has 10 heteroatoms. The van der Waals surface area contributed by atoms with E-state index in [2.05, 4.69) is 17.2 Å². The van der Waals surface area contributed by atoms with Gasteiger partial charge < -0.3 is 0 Å². The van der Waals surface area contributed by atoms with Gasteiger partial charge in [0, 0.05) is 0 Å². The fourth-order valence-corrected chi connectivity index (χ4v) is 4.33. The predicted octanol–water partition coefficient (Wildman–Crippen LogP) is 3.08. The topological polar surface area (TPSA) is 121 Å². The summed E-state index contributed by atoms with van der Waals surface area (Å²) < 4.78 is 65.7. The van der Waals surface area contributed by atoms with E-state index in [-0.39, 0.29) is 5.56 Å². The van der Waals surface area contributed by atoms with Crippen LogP contribution in [-0.2, 0) is 20.2 Å². The van der Waals surface area contributed by atoms with Crippen LogP contribution >= 0.6 is 12.2 Å². The molecule has 0 aliphatic carbocycles. The van der Waals surface area contributed by atoms with Gasteiger partial charge in [-0.1, -0.05) is 48.6 Å². The second kappa shape index (κ2) is 7.36. The summed E-state index contributed by atoms with van der Waals surface area (Å²) in [5.74, 6) is 0. The first-order valence-corrected chi connectivity index (χ1v) is 9.86. The molecule has 0 atom stereocenters. The second-order valence-corrected chi connectivity index (χ2v) is 7.63. The molecule has 0 spiro atoms. The maximum Gasteiger partial charge on any atom is 0.298 e. The van der Waals surface area contributed by atoms with Gasteiger partial charge in [0.25, 0.3) is 20.2 Å². The largest absolute Gasteiger partial charge is 0.298 e. The van der Waals surface area contributed by atoms with Crippen molar-refractivity contribution in [2.45, 2.75) is 9.79 Å². The fourth-order valence-electron chi connectivity index (χ4n) is 2.10. The molecule has 0 saturated carbocycles. The molecule has 0 fully saturated rings. The summed E-state index contributed by atoms with van der Waals surface area (Å²) in [4.78, 5) is 1.37. The fraction of sp³-hybridized carbons (Fsp3) is 0. The monoisotopic (exact) mass is 397 g/mol. The van der Waals surface area contributed by atoms with E-state index in [1.54, 1.807) is 30.3 Å². The molecule has 130 valence electrons. The van der Waals surface area contributed by atoms with Crippen molar-refractivity contribution in [1.29, 1.82) is 0 Å². The molecule has 0 bridgehead atoms. The Morgan fingerprint density at radius 3 is 2.00 bits per heavy atom. The first kappa shape index (κ1) is 19.1. The summed E-state index contributed by atoms with van der Waals surface area (Å²) in [6.07, 6.45) is 2.80. The van der Waals surface area contributed by atoms with Crippen LogP contribution in [0.25, 0.3) is 12.2 Å². The number of benzene rings is 2. The van der Waals surface area contributed by atoms with Gasteiger partial charge in [-0.3, -0.25) is 9.11 Å². The molecule has 0 aliphatic heterocycles. The first-order valence-electron chi connectivity index (χ1n) is 6.57. The summed E-state index contributed by atoms with van der Waals surface area (Å²) in [7, 11) is -10.0. The number of hydrogen-bond donors (Lipinski definition) is 2. The number of hydrogen-bond acceptors (Lipinski definition) is 6. The third-order valence-corrected chi connectivity index (χ3v) is 5.16. The highest BCUT2D eigenvalue weighted by Gasteiger charge is 2.30. The molecule has 0 saturated heterocycles. The lowest BCUT2D eigenvalue weighted by Crippen LogP contribution is -2.10. The van der Waals surface area contributed by atoms with Crippen molar-refractivity contribution in [3.8, 4) is 0 Å². The van der Waals surface area contributed by atoms with Crippen molar-refractivity contribution < 1.29 is 25.9 Å². The highest BCUT2D eigenvalue weighted by molar-refractivity contribution is 7.89. The van der Waals surface area contributed by atoms with Crippen LogP contribution in [0.3, 0.4) is 0 Å². The SMILES string of the molecule is O=S(=O)(O)c1c(C=Cc2ccccc2)ccc(N=C=S)c1S(=O)(=O)O. The van der Waals surface area contributed by atoms with Crippen molar-refractivity contribution in [2.24, 2.45) is 4.99 Å². The zero-order valence-electron chi connectivity index (χ0n) is 12.4. The van der Waals surface area contributed by atoms with E-state index < -0.39 is 35.7 Å². The van der Waals surface area contributed by atoms with E-state index in [1.165, 1.54) is 18.2 Å². The molecule has 7 nitrogen and oxygen atoms in total. The van der Waals surface area contributed by atoms with Crippen LogP contribution < -0.4 is 0 Å². The van der Waals surface area contributed by atoms with E-state index in [4.69, 9.17) is 0 Å². The predicted molar refractivity (Wildman–Crippen MR) is 96.1 cm³/mol. The number of aliphatic imine (C=N–C) groups is 1. The molecule has 2 rings (SSSR count). The quantitative estimate of drug-likeness (QED) is 0.344. The first-order chi connectivity index (χ1) is 11.6. The lowest BCUT2D eigenvalue weighted by molar-refractivity contribution is 0.466. The lowest BCUT2D eigenvalue weighted by atomic mass is 10.1. The van der Waals surface area contributed by atoms with Gasteiger partial charge in [-0.25, -0.2) is 0 Å². The molecular formula is C15H11NO6S3. The second-order valence-electron chi connectivity index (χ2n) is 4.73. The van der Waals surface area contributed by atoms with Gasteiger partial charge in [0.05, 0.1) is 10.8 Å². The van der Waals surface area contributed by atoms with Crippen molar-refractivity contribution in [3.63, 3.8) is 0 Å². The summed E-state index contributed by atoms with van der Waals surface area (Å²) in [6.45, 7) is 0. The van der Waals surface area contributed by atoms with E-state index in [0.29, 0.717) is 5.56 Å². The molecular weight excluding hydrogens is 386 g/mol. The Bertz CT molecular complexity index is 1080. The third kappa shape index (κ3) is 4.67. The zero-order chi connectivity index (χ0) is 18.7. The number of nitrogens with zero attached hydrogens (tertiary/aromatic N) is 1. The molecule has 0 aromatic heterocycles. The highest BCUT2D eigenvalue weighted by atomic mass is 32.2. The van der Waals surface area contributed by atoms with Gasteiger partial charge >= 0.3 is 0 Å². The van der Waals surface area contributed by atoms with Crippen LogP contribution in [0.2, 0.25) is 0 Å². The van der Waals surface area contributed by atoms with Crippen LogP contribution in [0.4, 0.5) is 5.69 Å². The summed E-state index contributed by atoms with van der Waals surface area (Å²) in [5, 5.41) is 1.89. The number of thiocarbonyl (C=S) groups is 1. The number of rotatable bonds is 5. The molecule has 0 unspecified atom stereocenters. The Hall–Kier alpha value is -2.20. The number of isothiocyanates is 1. The third-order valence-electron chi connectivity index (χ3n) is 3.06. The minimum atomic E-state index is -5.03. The molecule has 0 heterocycles. The molecule has 0 radical (unpaired) electrons. The van der Waals surface area contributed by atoms with E-state index in [0.717, 1.165) is 6.07 Å². The molecule has 2 N–H and O–H groups in total. The van der Waals surface area contributed by atoms with E-state index >= 15 is 0 Å². The Morgan fingerprint density at radius 2 is 1.48 bits per heavy atom. The standard InChI is InChI=1S/C15H11NO6S3/c17-24(18,19)14-12(7-6-11-4-2-1-3-5-11)8-9-13(16-10-23)15(14)25(20,21)22/h1-9H,(H,17,18,19)(H,20,21,22). The maximum absolute atomic E-state index is 11.7. The van der Waals surface area contributed by atoms with Gasteiger partial charge in [0.2, 0.25) is 0 Å². The van der Waals surface area contributed by atoms with Crippen molar-refractivity contribution in [2.75, 3.05) is 0 Å². The minimum Gasteiger partial charge on any atom is -0.282 e. The van der Waals surface area contributed by atoms with Crippen LogP contribution in [0.15, 0.2) is 57.2 Å². The van der Waals surface area contributed by atoms with Gasteiger partial charge in [0.1, 0.15) is 9.79 Å². The Morgan fingerprint density at radius 1 is 0.880 bits per heavy atom.